The molecule has 1 N–H and O–H groups in total. The first kappa shape index (κ1) is 17.9. The van der Waals surface area contributed by atoms with Crippen molar-refractivity contribution in [1.29, 1.82) is 0 Å². The zero-order chi connectivity index (χ0) is 15.2. The van der Waals surface area contributed by atoms with E-state index in [9.17, 15) is 5.11 Å². The standard InChI is InChI=1S/C17H27ClOS/c1-5-17(16(2,3)4,20-13-12-19)11-10-14-8-6-7-9-15(14)18/h6-9,19H,5,10-13H2,1-4H3. The molecule has 0 aliphatic heterocycles. The van der Waals surface area contributed by atoms with E-state index in [1.54, 1.807) is 0 Å². The summed E-state index contributed by atoms with van der Waals surface area (Å²) in [6, 6.07) is 8.10. The first-order chi connectivity index (χ1) is 9.36. The van der Waals surface area contributed by atoms with Crippen LogP contribution in [0.2, 0.25) is 5.02 Å². The van der Waals surface area contributed by atoms with Crippen LogP contribution in [0.25, 0.3) is 0 Å². The third kappa shape index (κ3) is 4.41. The predicted octanol–water partition coefficient (Wildman–Crippen LogP) is 5.19. The maximum absolute atomic E-state index is 9.18. The Balaban J connectivity index is 2.87. The van der Waals surface area contributed by atoms with Crippen molar-refractivity contribution in [3.05, 3.63) is 34.9 Å². The lowest BCUT2D eigenvalue weighted by molar-refractivity contribution is 0.256. The molecule has 1 aromatic carbocycles. The highest BCUT2D eigenvalue weighted by molar-refractivity contribution is 8.00. The average Bonchev–Trinajstić information content (AvgIpc) is 2.39. The maximum atomic E-state index is 9.18. The molecule has 0 saturated heterocycles. The number of aliphatic hydroxyl groups excluding tert-OH is 1. The predicted molar refractivity (Wildman–Crippen MR) is 91.8 cm³/mol. The molecular formula is C17H27ClOS. The van der Waals surface area contributed by atoms with Crippen LogP contribution >= 0.6 is 23.4 Å². The minimum Gasteiger partial charge on any atom is -0.396 e. The van der Waals surface area contributed by atoms with E-state index in [4.69, 9.17) is 11.6 Å². The number of aryl methyl sites for hydroxylation is 1. The Bertz CT molecular complexity index is 414. The summed E-state index contributed by atoms with van der Waals surface area (Å²) >= 11 is 8.18. The second-order valence-corrected chi connectivity index (χ2v) is 8.15. The monoisotopic (exact) mass is 314 g/mol. The lowest BCUT2D eigenvalue weighted by Crippen LogP contribution is -2.40. The van der Waals surface area contributed by atoms with Gasteiger partial charge in [-0.15, -0.1) is 0 Å². The highest BCUT2D eigenvalue weighted by Crippen LogP contribution is 2.47. The fraction of sp³-hybridized carbons (Fsp3) is 0.647. The molecule has 0 spiro atoms. The number of halogens is 1. The highest BCUT2D eigenvalue weighted by atomic mass is 35.5. The first-order valence-electron chi connectivity index (χ1n) is 7.34. The third-order valence-electron chi connectivity index (χ3n) is 4.16. The molecule has 0 saturated carbocycles. The van der Waals surface area contributed by atoms with Crippen LogP contribution in [0.4, 0.5) is 0 Å². The lowest BCUT2D eigenvalue weighted by Gasteiger charge is -2.44. The number of hydrogen-bond donors (Lipinski definition) is 1. The minimum atomic E-state index is 0.175. The van der Waals surface area contributed by atoms with Crippen molar-refractivity contribution in [2.24, 2.45) is 5.41 Å². The number of rotatable bonds is 7. The van der Waals surface area contributed by atoms with Gasteiger partial charge in [0.2, 0.25) is 0 Å². The van der Waals surface area contributed by atoms with Crippen molar-refractivity contribution < 1.29 is 5.11 Å². The second-order valence-electron chi connectivity index (χ2n) is 6.26. The van der Waals surface area contributed by atoms with Crippen LogP contribution in [0.5, 0.6) is 0 Å². The molecule has 0 heterocycles. The van der Waals surface area contributed by atoms with E-state index in [0.29, 0.717) is 0 Å². The summed E-state index contributed by atoms with van der Waals surface area (Å²) < 4.78 is 0.175. The molecule has 0 radical (unpaired) electrons. The van der Waals surface area contributed by atoms with Gasteiger partial charge in [-0.2, -0.15) is 11.8 Å². The third-order valence-corrected chi connectivity index (χ3v) is 6.58. The van der Waals surface area contributed by atoms with Crippen molar-refractivity contribution in [3.8, 4) is 0 Å². The summed E-state index contributed by atoms with van der Waals surface area (Å²) in [5, 5.41) is 10.0. The minimum absolute atomic E-state index is 0.175. The molecule has 0 amide bonds. The van der Waals surface area contributed by atoms with E-state index in [-0.39, 0.29) is 16.8 Å². The van der Waals surface area contributed by atoms with E-state index in [1.807, 2.05) is 30.0 Å². The van der Waals surface area contributed by atoms with Gasteiger partial charge in [-0.05, 0) is 36.3 Å². The average molecular weight is 315 g/mol. The van der Waals surface area contributed by atoms with Gasteiger partial charge in [0.1, 0.15) is 0 Å². The highest BCUT2D eigenvalue weighted by Gasteiger charge is 2.40. The molecule has 1 nitrogen and oxygen atoms in total. The Morgan fingerprint density at radius 3 is 2.35 bits per heavy atom. The molecule has 3 heteroatoms. The van der Waals surface area contributed by atoms with Crippen molar-refractivity contribution in [2.45, 2.75) is 51.7 Å². The van der Waals surface area contributed by atoms with E-state index in [2.05, 4.69) is 33.8 Å². The van der Waals surface area contributed by atoms with E-state index in [1.165, 1.54) is 5.56 Å². The number of hydrogen-bond acceptors (Lipinski definition) is 2. The maximum Gasteiger partial charge on any atom is 0.0521 e. The van der Waals surface area contributed by atoms with Gasteiger partial charge in [-0.3, -0.25) is 0 Å². The number of aliphatic hydroxyl groups is 1. The zero-order valence-electron chi connectivity index (χ0n) is 13.1. The topological polar surface area (TPSA) is 20.2 Å². The summed E-state index contributed by atoms with van der Waals surface area (Å²) in [7, 11) is 0. The zero-order valence-corrected chi connectivity index (χ0v) is 14.7. The summed E-state index contributed by atoms with van der Waals surface area (Å²) in [5.41, 5.74) is 1.42. The van der Waals surface area contributed by atoms with Crippen molar-refractivity contribution in [2.75, 3.05) is 12.4 Å². The van der Waals surface area contributed by atoms with Gasteiger partial charge < -0.3 is 5.11 Å². The van der Waals surface area contributed by atoms with Crippen LogP contribution in [0.15, 0.2) is 24.3 Å². The Hall–Kier alpha value is -0.180. The summed E-state index contributed by atoms with van der Waals surface area (Å²) in [6.07, 6.45) is 3.18. The van der Waals surface area contributed by atoms with Crippen LogP contribution < -0.4 is 0 Å². The summed E-state index contributed by atoms with van der Waals surface area (Å²) in [4.78, 5) is 0. The molecule has 1 unspecified atom stereocenters. The normalized spacial score (nSPS) is 15.1. The fourth-order valence-corrected chi connectivity index (χ4v) is 4.35. The molecule has 0 bridgehead atoms. The lowest BCUT2D eigenvalue weighted by atomic mass is 9.75. The smallest absolute Gasteiger partial charge is 0.0521 e. The molecular weight excluding hydrogens is 288 g/mol. The first-order valence-corrected chi connectivity index (χ1v) is 8.71. The molecule has 0 fully saturated rings. The SMILES string of the molecule is CCC(CCc1ccccc1Cl)(SCCO)C(C)(C)C. The van der Waals surface area contributed by atoms with Crippen LogP contribution in [0.3, 0.4) is 0 Å². The Labute approximate surface area is 133 Å². The molecule has 1 rings (SSSR count). The molecule has 20 heavy (non-hydrogen) atoms. The van der Waals surface area contributed by atoms with Gasteiger partial charge in [0.15, 0.2) is 0 Å². The number of thioether (sulfide) groups is 1. The van der Waals surface area contributed by atoms with Gasteiger partial charge >= 0.3 is 0 Å². The largest absolute Gasteiger partial charge is 0.396 e. The van der Waals surface area contributed by atoms with Crippen LogP contribution in [-0.4, -0.2) is 22.2 Å². The van der Waals surface area contributed by atoms with Crippen molar-refractivity contribution in [3.63, 3.8) is 0 Å². The number of benzene rings is 1. The molecule has 0 aliphatic carbocycles. The van der Waals surface area contributed by atoms with Gasteiger partial charge in [-0.25, -0.2) is 0 Å². The van der Waals surface area contributed by atoms with Gasteiger partial charge in [-0.1, -0.05) is 57.5 Å². The van der Waals surface area contributed by atoms with Crippen LogP contribution in [0, 0.1) is 5.41 Å². The van der Waals surface area contributed by atoms with Gasteiger partial charge in [0.05, 0.1) is 6.61 Å². The summed E-state index contributed by atoms with van der Waals surface area (Å²) in [6.45, 7) is 9.39. The van der Waals surface area contributed by atoms with Gasteiger partial charge in [0.25, 0.3) is 0 Å². The quantitative estimate of drug-likeness (QED) is 0.747. The summed E-state index contributed by atoms with van der Waals surface area (Å²) in [5.74, 6) is 0.799. The molecule has 1 atom stereocenters. The van der Waals surface area contributed by atoms with Crippen molar-refractivity contribution >= 4 is 23.4 Å². The van der Waals surface area contributed by atoms with E-state index >= 15 is 0 Å². The second kappa shape index (κ2) is 7.72. The van der Waals surface area contributed by atoms with Gasteiger partial charge in [0, 0.05) is 15.5 Å². The molecule has 0 aromatic heterocycles. The van der Waals surface area contributed by atoms with Crippen LogP contribution in [-0.2, 0) is 6.42 Å². The van der Waals surface area contributed by atoms with E-state index in [0.717, 1.165) is 30.0 Å². The Morgan fingerprint density at radius 2 is 1.85 bits per heavy atom. The Kier molecular flexibility index (Phi) is 6.90. The van der Waals surface area contributed by atoms with E-state index < -0.39 is 0 Å². The van der Waals surface area contributed by atoms with Crippen molar-refractivity contribution in [1.82, 2.24) is 0 Å². The molecule has 114 valence electrons. The Morgan fingerprint density at radius 1 is 1.20 bits per heavy atom. The molecule has 1 aromatic rings. The fourth-order valence-electron chi connectivity index (χ4n) is 2.75. The molecule has 0 aliphatic rings. The van der Waals surface area contributed by atoms with Crippen LogP contribution in [0.1, 0.15) is 46.1 Å².